The van der Waals surface area contributed by atoms with Crippen LogP contribution in [-0.2, 0) is 28.6 Å². The zero-order valence-corrected chi connectivity index (χ0v) is 52.1. The van der Waals surface area contributed by atoms with Gasteiger partial charge in [0.05, 0.1) is 0 Å². The Kier molecular flexibility index (Phi) is 63.7. The van der Waals surface area contributed by atoms with Crippen molar-refractivity contribution in [2.75, 3.05) is 13.2 Å². The van der Waals surface area contributed by atoms with Crippen LogP contribution < -0.4 is 0 Å². The first-order valence-corrected chi connectivity index (χ1v) is 33.7. The summed E-state index contributed by atoms with van der Waals surface area (Å²) in [5.41, 5.74) is 0. The average Bonchev–Trinajstić information content (AvgIpc) is 3.45. The van der Waals surface area contributed by atoms with Crippen LogP contribution >= 0.6 is 0 Å². The molecule has 0 saturated heterocycles. The van der Waals surface area contributed by atoms with Crippen LogP contribution in [0.1, 0.15) is 329 Å². The number of hydrogen-bond donors (Lipinski definition) is 0. The molecule has 0 amide bonds. The Balaban J connectivity index is 4.01. The van der Waals surface area contributed by atoms with Crippen molar-refractivity contribution in [3.63, 3.8) is 0 Å². The van der Waals surface area contributed by atoms with Gasteiger partial charge in [-0.25, -0.2) is 0 Å². The van der Waals surface area contributed by atoms with Crippen LogP contribution in [-0.4, -0.2) is 37.2 Å². The maximum Gasteiger partial charge on any atom is 0.306 e. The van der Waals surface area contributed by atoms with Gasteiger partial charge in [-0.2, -0.15) is 0 Å². The van der Waals surface area contributed by atoms with E-state index in [9.17, 15) is 14.4 Å². The predicted octanol–water partition coefficient (Wildman–Crippen LogP) is 23.2. The Bertz CT molecular complexity index is 1540. The Morgan fingerprint density at radius 1 is 0.266 bits per heavy atom. The van der Waals surface area contributed by atoms with E-state index in [-0.39, 0.29) is 31.1 Å². The molecule has 0 heterocycles. The largest absolute Gasteiger partial charge is 0.462 e. The Labute approximate surface area is 489 Å². The molecular formula is C73H126O6. The molecular weight excluding hydrogens is 973 g/mol. The third-order valence-electron chi connectivity index (χ3n) is 14.6. The number of ether oxygens (including phenoxy) is 3. The van der Waals surface area contributed by atoms with Gasteiger partial charge >= 0.3 is 17.9 Å². The zero-order chi connectivity index (χ0) is 57.1. The topological polar surface area (TPSA) is 78.9 Å². The number of hydrogen-bond acceptors (Lipinski definition) is 6. The van der Waals surface area contributed by atoms with Crippen LogP contribution in [0.25, 0.3) is 0 Å². The van der Waals surface area contributed by atoms with E-state index in [1.807, 2.05) is 0 Å². The van der Waals surface area contributed by atoms with E-state index in [2.05, 4.69) is 118 Å². The molecule has 0 aromatic carbocycles. The molecule has 1 unspecified atom stereocenters. The SMILES string of the molecule is CC/C=C\C/C=C\C/C=C\C/C=C\C/C=C\C/C=C\CCCCCCCCC(=O)OC(COC(=O)CCCCCCC)COC(=O)CCCCCCCCCCCCCCCCCCCCC/C=C\C/C=C\CCCCCCC. The molecule has 79 heavy (non-hydrogen) atoms. The molecule has 0 bridgehead atoms. The molecule has 0 aliphatic heterocycles. The lowest BCUT2D eigenvalue weighted by Gasteiger charge is -2.18. The van der Waals surface area contributed by atoms with E-state index in [4.69, 9.17) is 14.2 Å². The maximum atomic E-state index is 12.8. The summed E-state index contributed by atoms with van der Waals surface area (Å²) < 4.78 is 16.8. The molecule has 0 saturated carbocycles. The van der Waals surface area contributed by atoms with E-state index in [1.165, 1.54) is 167 Å². The van der Waals surface area contributed by atoms with Gasteiger partial charge in [-0.05, 0) is 103 Å². The summed E-state index contributed by atoms with van der Waals surface area (Å²) in [5, 5.41) is 0. The summed E-state index contributed by atoms with van der Waals surface area (Å²) in [6.07, 6.45) is 90.5. The third kappa shape index (κ3) is 65.0. The fourth-order valence-corrected chi connectivity index (χ4v) is 9.54. The van der Waals surface area contributed by atoms with Crippen molar-refractivity contribution in [1.29, 1.82) is 0 Å². The lowest BCUT2D eigenvalue weighted by Crippen LogP contribution is -2.30. The van der Waals surface area contributed by atoms with E-state index in [0.717, 1.165) is 122 Å². The van der Waals surface area contributed by atoms with Crippen molar-refractivity contribution in [3.8, 4) is 0 Å². The molecule has 0 spiro atoms. The summed E-state index contributed by atoms with van der Waals surface area (Å²) in [5.74, 6) is -0.900. The maximum absolute atomic E-state index is 12.8. The molecule has 1 atom stereocenters. The molecule has 6 nitrogen and oxygen atoms in total. The van der Waals surface area contributed by atoms with Crippen molar-refractivity contribution >= 4 is 17.9 Å². The van der Waals surface area contributed by atoms with E-state index in [0.29, 0.717) is 19.3 Å². The zero-order valence-electron chi connectivity index (χ0n) is 52.1. The highest BCUT2D eigenvalue weighted by Crippen LogP contribution is 2.17. The Morgan fingerprint density at radius 3 is 0.772 bits per heavy atom. The Morgan fingerprint density at radius 2 is 0.494 bits per heavy atom. The molecule has 0 aliphatic carbocycles. The highest BCUT2D eigenvalue weighted by Gasteiger charge is 2.19. The fraction of sp³-hybridized carbons (Fsp3) is 0.740. The number of rotatable bonds is 61. The molecule has 0 aliphatic rings. The molecule has 0 fully saturated rings. The summed E-state index contributed by atoms with van der Waals surface area (Å²) in [6.45, 7) is 6.45. The van der Waals surface area contributed by atoms with Gasteiger partial charge in [-0.15, -0.1) is 0 Å². The van der Waals surface area contributed by atoms with Gasteiger partial charge in [0.1, 0.15) is 13.2 Å². The quantitative estimate of drug-likeness (QED) is 0.0261. The van der Waals surface area contributed by atoms with Crippen LogP contribution in [0.2, 0.25) is 0 Å². The number of carbonyl (C=O) groups excluding carboxylic acids is 3. The Hall–Kier alpha value is -3.67. The highest BCUT2D eigenvalue weighted by molar-refractivity contribution is 5.71. The van der Waals surface area contributed by atoms with Crippen LogP contribution in [0.3, 0.4) is 0 Å². The summed E-state index contributed by atoms with van der Waals surface area (Å²) in [6, 6.07) is 0. The fourth-order valence-electron chi connectivity index (χ4n) is 9.54. The van der Waals surface area contributed by atoms with Gasteiger partial charge in [0, 0.05) is 19.3 Å². The second-order valence-electron chi connectivity index (χ2n) is 22.4. The number of unbranched alkanes of at least 4 members (excludes halogenated alkanes) is 34. The van der Waals surface area contributed by atoms with Crippen molar-refractivity contribution in [2.24, 2.45) is 0 Å². The van der Waals surface area contributed by atoms with Crippen LogP contribution in [0.5, 0.6) is 0 Å². The minimum atomic E-state index is -0.782. The first kappa shape index (κ1) is 75.3. The van der Waals surface area contributed by atoms with Gasteiger partial charge in [0.15, 0.2) is 6.10 Å². The monoisotopic (exact) mass is 1100 g/mol. The molecule has 0 rings (SSSR count). The molecule has 0 radical (unpaired) electrons. The summed E-state index contributed by atoms with van der Waals surface area (Å²) in [7, 11) is 0. The van der Waals surface area contributed by atoms with Crippen molar-refractivity contribution in [2.45, 2.75) is 335 Å². The first-order chi connectivity index (χ1) is 39.0. The minimum absolute atomic E-state index is 0.0814. The molecule has 0 aromatic rings. The summed E-state index contributed by atoms with van der Waals surface area (Å²) in [4.78, 5) is 38.0. The smallest absolute Gasteiger partial charge is 0.306 e. The normalized spacial score (nSPS) is 12.7. The van der Waals surface area contributed by atoms with Crippen molar-refractivity contribution in [1.82, 2.24) is 0 Å². The number of allylic oxidation sites excluding steroid dienone is 16. The molecule has 0 aromatic heterocycles. The summed E-state index contributed by atoms with van der Waals surface area (Å²) >= 11 is 0. The third-order valence-corrected chi connectivity index (χ3v) is 14.6. The van der Waals surface area contributed by atoms with E-state index in [1.54, 1.807) is 0 Å². The van der Waals surface area contributed by atoms with Gasteiger partial charge in [-0.3, -0.25) is 14.4 Å². The number of carbonyl (C=O) groups is 3. The lowest BCUT2D eigenvalue weighted by molar-refractivity contribution is -0.167. The molecule has 0 N–H and O–H groups in total. The van der Waals surface area contributed by atoms with Crippen molar-refractivity contribution < 1.29 is 28.6 Å². The minimum Gasteiger partial charge on any atom is -0.462 e. The van der Waals surface area contributed by atoms with Gasteiger partial charge in [0.25, 0.3) is 0 Å². The standard InChI is InChI=1S/C73H126O6/c1-4-7-10-13-15-17-19-21-23-25-27-29-31-33-34-35-36-37-38-40-41-43-45-47-49-51-53-55-57-60-63-66-72(75)78-69-70(68-77-71(74)65-62-59-12-9-6-3)79-73(76)67-64-61-58-56-54-52-50-48-46-44-42-39-32-30-28-26-24-22-20-18-16-14-11-8-5-2/h8,11,16,18-19,21-22,24-25,27-28,30,39,42,46,48,70H,4-7,9-10,12-15,17,20,23,26,29,31-38,40-41,43-45,47,49-69H2,1-3H3/b11-8-,18-16-,21-19-,24-22-,27-25-,30-28-,42-39-,48-46-. The second-order valence-corrected chi connectivity index (χ2v) is 22.4. The molecule has 6 heteroatoms. The van der Waals surface area contributed by atoms with Gasteiger partial charge in [-0.1, -0.05) is 304 Å². The van der Waals surface area contributed by atoms with Crippen LogP contribution in [0.4, 0.5) is 0 Å². The molecule has 454 valence electrons. The van der Waals surface area contributed by atoms with Crippen LogP contribution in [0, 0.1) is 0 Å². The number of esters is 3. The lowest BCUT2D eigenvalue weighted by atomic mass is 10.0. The first-order valence-electron chi connectivity index (χ1n) is 33.7. The van der Waals surface area contributed by atoms with E-state index < -0.39 is 6.10 Å². The second kappa shape index (κ2) is 66.8. The average molecular weight is 1100 g/mol. The predicted molar refractivity (Wildman–Crippen MR) is 344 cm³/mol. The van der Waals surface area contributed by atoms with Crippen LogP contribution in [0.15, 0.2) is 97.2 Å². The van der Waals surface area contributed by atoms with E-state index >= 15 is 0 Å². The highest BCUT2D eigenvalue weighted by atomic mass is 16.6. The van der Waals surface area contributed by atoms with Crippen molar-refractivity contribution in [3.05, 3.63) is 97.2 Å². The van der Waals surface area contributed by atoms with Gasteiger partial charge in [0.2, 0.25) is 0 Å². The van der Waals surface area contributed by atoms with Gasteiger partial charge < -0.3 is 14.2 Å².